The highest BCUT2D eigenvalue weighted by atomic mass is 32.1. The average Bonchev–Trinajstić information content (AvgIpc) is 3.22. The van der Waals surface area contributed by atoms with E-state index in [0.29, 0.717) is 29.5 Å². The van der Waals surface area contributed by atoms with Crippen LogP contribution < -0.4 is 10.2 Å². The van der Waals surface area contributed by atoms with Gasteiger partial charge in [0.1, 0.15) is 12.3 Å². The normalized spacial score (nSPS) is 13.6. The monoisotopic (exact) mass is 463 g/mol. The molecule has 2 amide bonds. The van der Waals surface area contributed by atoms with E-state index < -0.39 is 11.0 Å². The van der Waals surface area contributed by atoms with Crippen LogP contribution in [0.1, 0.15) is 29.9 Å². The standard InChI is InChI=1S/C20H25N5O6S/c1-13(2)24(18(27)17-12-32-19(22-17)23-9-16(26)10-23)8-7-21-20(28)31-11-14-3-5-15(6-4-14)25(29)30/h3-6,12-13,16,26H,7-11H2,1-2H3,(H,21,28). The number of nitrogens with zero attached hydrogens (tertiary/aromatic N) is 4. The smallest absolute Gasteiger partial charge is 0.407 e. The quantitative estimate of drug-likeness (QED) is 0.425. The van der Waals surface area contributed by atoms with Gasteiger partial charge in [-0.15, -0.1) is 11.3 Å². The van der Waals surface area contributed by atoms with Crippen molar-refractivity contribution < 1.29 is 24.4 Å². The molecule has 1 saturated heterocycles. The summed E-state index contributed by atoms with van der Waals surface area (Å²) in [6, 6.07) is 5.63. The number of nitro groups is 1. The minimum atomic E-state index is -0.646. The summed E-state index contributed by atoms with van der Waals surface area (Å²) in [7, 11) is 0. The summed E-state index contributed by atoms with van der Waals surface area (Å²) in [5, 5.41) is 25.1. The second-order valence-corrected chi connectivity index (χ2v) is 8.43. The molecule has 0 aliphatic carbocycles. The predicted octanol–water partition coefficient (Wildman–Crippen LogP) is 2.01. The van der Waals surface area contributed by atoms with Crippen molar-refractivity contribution in [2.75, 3.05) is 31.1 Å². The number of amides is 2. The van der Waals surface area contributed by atoms with Gasteiger partial charge in [-0.2, -0.15) is 0 Å². The van der Waals surface area contributed by atoms with Crippen molar-refractivity contribution >= 4 is 34.2 Å². The summed E-state index contributed by atoms with van der Waals surface area (Å²) in [6.07, 6.45) is -0.997. The number of aliphatic hydroxyl groups is 1. The van der Waals surface area contributed by atoms with Crippen molar-refractivity contribution in [3.8, 4) is 0 Å². The third kappa shape index (κ3) is 5.92. The van der Waals surface area contributed by atoms with Crippen molar-refractivity contribution in [3.05, 3.63) is 51.0 Å². The van der Waals surface area contributed by atoms with Gasteiger partial charge in [0.25, 0.3) is 11.6 Å². The number of anilines is 1. The number of carbonyl (C=O) groups excluding carboxylic acids is 2. The zero-order valence-corrected chi connectivity index (χ0v) is 18.6. The number of β-amino-alcohol motifs (C(OH)–C–C–N with tert-alkyl or cyclic N) is 1. The minimum absolute atomic E-state index is 0.0244. The maximum atomic E-state index is 12.9. The Labute approximate surface area is 188 Å². The van der Waals surface area contributed by atoms with E-state index >= 15 is 0 Å². The molecule has 1 aliphatic rings. The topological polar surface area (TPSA) is 138 Å². The Morgan fingerprint density at radius 1 is 1.38 bits per heavy atom. The van der Waals surface area contributed by atoms with Gasteiger partial charge in [-0.3, -0.25) is 14.9 Å². The maximum Gasteiger partial charge on any atom is 0.407 e. The number of hydrogen-bond acceptors (Lipinski definition) is 9. The first-order valence-corrected chi connectivity index (χ1v) is 11.0. The second kappa shape index (κ2) is 10.4. The number of carbonyl (C=O) groups is 2. The number of ether oxygens (including phenoxy) is 1. The van der Waals surface area contributed by atoms with Crippen molar-refractivity contribution in [1.29, 1.82) is 0 Å². The summed E-state index contributed by atoms with van der Waals surface area (Å²) < 4.78 is 5.11. The third-order valence-electron chi connectivity index (χ3n) is 4.87. The summed E-state index contributed by atoms with van der Waals surface area (Å²) in [4.78, 5) is 42.9. The van der Waals surface area contributed by atoms with E-state index in [2.05, 4.69) is 10.3 Å². The summed E-state index contributed by atoms with van der Waals surface area (Å²) in [5.74, 6) is -0.232. The number of nitrogens with one attached hydrogen (secondary N) is 1. The molecule has 1 aliphatic heterocycles. The van der Waals surface area contributed by atoms with Gasteiger partial charge in [-0.1, -0.05) is 0 Å². The fourth-order valence-electron chi connectivity index (χ4n) is 3.05. The van der Waals surface area contributed by atoms with Gasteiger partial charge in [0.2, 0.25) is 0 Å². The molecule has 32 heavy (non-hydrogen) atoms. The number of rotatable bonds is 9. The van der Waals surface area contributed by atoms with Crippen LogP contribution in [0.3, 0.4) is 0 Å². The second-order valence-electron chi connectivity index (χ2n) is 7.59. The third-order valence-corrected chi connectivity index (χ3v) is 5.77. The van der Waals surface area contributed by atoms with Gasteiger partial charge in [0, 0.05) is 49.7 Å². The van der Waals surface area contributed by atoms with Crippen molar-refractivity contribution in [2.24, 2.45) is 0 Å². The van der Waals surface area contributed by atoms with Crippen molar-refractivity contribution in [3.63, 3.8) is 0 Å². The number of nitro benzene ring substituents is 1. The lowest BCUT2D eigenvalue weighted by Gasteiger charge is -2.35. The Morgan fingerprint density at radius 3 is 2.66 bits per heavy atom. The number of thiazole rings is 1. The van der Waals surface area contributed by atoms with Crippen LogP contribution in [0.5, 0.6) is 0 Å². The van der Waals surface area contributed by atoms with Gasteiger partial charge in [-0.05, 0) is 31.5 Å². The molecule has 2 N–H and O–H groups in total. The van der Waals surface area contributed by atoms with Crippen LogP contribution in [-0.2, 0) is 11.3 Å². The molecule has 1 aromatic carbocycles. The molecule has 1 fully saturated rings. The van der Waals surface area contributed by atoms with Crippen LogP contribution in [-0.4, -0.2) is 70.2 Å². The van der Waals surface area contributed by atoms with Crippen molar-refractivity contribution in [2.45, 2.75) is 32.6 Å². The molecule has 0 atom stereocenters. The van der Waals surface area contributed by atoms with E-state index in [1.54, 1.807) is 10.3 Å². The largest absolute Gasteiger partial charge is 0.445 e. The van der Waals surface area contributed by atoms with Crippen LogP contribution >= 0.6 is 11.3 Å². The van der Waals surface area contributed by atoms with Crippen LogP contribution in [0.2, 0.25) is 0 Å². The van der Waals surface area contributed by atoms with Crippen LogP contribution in [0.4, 0.5) is 15.6 Å². The lowest BCUT2D eigenvalue weighted by atomic mass is 10.2. The predicted molar refractivity (Wildman–Crippen MR) is 118 cm³/mol. The number of aliphatic hydroxyl groups excluding tert-OH is 1. The molecular formula is C20H25N5O6S. The Kier molecular flexibility index (Phi) is 7.59. The SMILES string of the molecule is CC(C)N(CCNC(=O)OCc1ccc([N+](=O)[O-])cc1)C(=O)c1csc(N2CC(O)C2)n1. The highest BCUT2D eigenvalue weighted by Crippen LogP contribution is 2.25. The van der Waals surface area contributed by atoms with E-state index in [0.717, 1.165) is 0 Å². The van der Waals surface area contributed by atoms with Gasteiger partial charge in [0.15, 0.2) is 5.13 Å². The summed E-state index contributed by atoms with van der Waals surface area (Å²) >= 11 is 1.36. The van der Waals surface area contributed by atoms with E-state index in [-0.39, 0.29) is 43.4 Å². The molecule has 11 nitrogen and oxygen atoms in total. The summed E-state index contributed by atoms with van der Waals surface area (Å²) in [6.45, 7) is 5.23. The molecule has 1 aromatic heterocycles. The minimum Gasteiger partial charge on any atom is -0.445 e. The molecule has 0 radical (unpaired) electrons. The van der Waals surface area contributed by atoms with E-state index in [1.165, 1.54) is 35.6 Å². The fraction of sp³-hybridized carbons (Fsp3) is 0.450. The number of alkyl carbamates (subject to hydrolysis) is 1. The zero-order valence-electron chi connectivity index (χ0n) is 17.8. The van der Waals surface area contributed by atoms with Crippen LogP contribution in [0, 0.1) is 10.1 Å². The fourth-order valence-corrected chi connectivity index (χ4v) is 3.87. The van der Waals surface area contributed by atoms with Crippen molar-refractivity contribution in [1.82, 2.24) is 15.2 Å². The number of aromatic nitrogens is 1. The molecule has 2 heterocycles. The number of benzene rings is 1. The van der Waals surface area contributed by atoms with E-state index in [1.807, 2.05) is 18.7 Å². The molecule has 3 rings (SSSR count). The van der Waals surface area contributed by atoms with Crippen LogP contribution in [0.25, 0.3) is 0 Å². The first kappa shape index (κ1) is 23.4. The highest BCUT2D eigenvalue weighted by molar-refractivity contribution is 7.14. The molecule has 12 heteroatoms. The Bertz CT molecular complexity index is 958. The molecule has 2 aromatic rings. The lowest BCUT2D eigenvalue weighted by Crippen LogP contribution is -2.50. The first-order chi connectivity index (χ1) is 15.2. The first-order valence-electron chi connectivity index (χ1n) is 10.1. The van der Waals surface area contributed by atoms with Gasteiger partial charge in [0.05, 0.1) is 11.0 Å². The Morgan fingerprint density at radius 2 is 2.06 bits per heavy atom. The average molecular weight is 464 g/mol. The molecule has 0 unspecified atom stereocenters. The van der Waals surface area contributed by atoms with E-state index in [4.69, 9.17) is 4.74 Å². The molecule has 0 saturated carbocycles. The molecular weight excluding hydrogens is 438 g/mol. The number of hydrogen-bond donors (Lipinski definition) is 2. The van der Waals surface area contributed by atoms with Crippen LogP contribution in [0.15, 0.2) is 29.6 Å². The van der Waals surface area contributed by atoms with E-state index in [9.17, 15) is 24.8 Å². The highest BCUT2D eigenvalue weighted by Gasteiger charge is 2.28. The lowest BCUT2D eigenvalue weighted by molar-refractivity contribution is -0.384. The number of non-ortho nitro benzene ring substituents is 1. The Hall–Kier alpha value is -3.25. The molecule has 172 valence electrons. The van der Waals surface area contributed by atoms with Gasteiger partial charge < -0.3 is 25.0 Å². The molecule has 0 bridgehead atoms. The molecule has 0 spiro atoms. The van der Waals surface area contributed by atoms with Gasteiger partial charge >= 0.3 is 6.09 Å². The summed E-state index contributed by atoms with van der Waals surface area (Å²) in [5.41, 5.74) is 0.922. The Balaban J connectivity index is 1.45. The zero-order chi connectivity index (χ0) is 23.3. The van der Waals surface area contributed by atoms with Gasteiger partial charge in [-0.25, -0.2) is 9.78 Å². The maximum absolute atomic E-state index is 12.9.